The van der Waals surface area contributed by atoms with E-state index in [9.17, 15) is 10.1 Å². The Morgan fingerprint density at radius 2 is 2.03 bits per heavy atom. The molecule has 2 aromatic rings. The smallest absolute Gasteiger partial charge is 0.241 e. The highest BCUT2D eigenvalue weighted by Gasteiger charge is 2.36. The fourth-order valence-corrected chi connectivity index (χ4v) is 3.73. The van der Waals surface area contributed by atoms with Gasteiger partial charge in [0.1, 0.15) is 6.04 Å². The molecule has 3 rings (SSSR count). The van der Waals surface area contributed by atoms with Gasteiger partial charge in [-0.2, -0.15) is 10.4 Å². The summed E-state index contributed by atoms with van der Waals surface area (Å²) in [6.07, 6.45) is 8.67. The van der Waals surface area contributed by atoms with Gasteiger partial charge in [-0.1, -0.05) is 43.5 Å². The van der Waals surface area contributed by atoms with Crippen LogP contribution in [0, 0.1) is 11.3 Å². The maximum atomic E-state index is 12.6. The maximum Gasteiger partial charge on any atom is 0.241 e. The number of carbonyl (C=O) groups excluding carboxylic acids is 1. The van der Waals surface area contributed by atoms with Crippen LogP contribution in [-0.2, 0) is 22.5 Å². The first-order chi connectivity index (χ1) is 14.0. The highest BCUT2D eigenvalue weighted by Crippen LogP contribution is 2.26. The van der Waals surface area contributed by atoms with E-state index in [-0.39, 0.29) is 5.91 Å². The van der Waals surface area contributed by atoms with Crippen molar-refractivity contribution in [3.8, 4) is 17.2 Å². The summed E-state index contributed by atoms with van der Waals surface area (Å²) in [6, 6.07) is 9.59. The SMILES string of the molecule is COCCn1cc(-c2ccc(CC(C#N)NC(=O)C3(N)CCCCC3)cc2)cn1. The number of ether oxygens (including phenoxy) is 1. The highest BCUT2D eigenvalue weighted by molar-refractivity contribution is 5.86. The summed E-state index contributed by atoms with van der Waals surface area (Å²) in [5.41, 5.74) is 8.52. The van der Waals surface area contributed by atoms with Gasteiger partial charge in [-0.3, -0.25) is 9.48 Å². The quantitative estimate of drug-likeness (QED) is 0.714. The molecule has 0 saturated heterocycles. The third-order valence-electron chi connectivity index (χ3n) is 5.54. The van der Waals surface area contributed by atoms with Crippen LogP contribution in [0.4, 0.5) is 0 Å². The van der Waals surface area contributed by atoms with Crippen molar-refractivity contribution >= 4 is 5.91 Å². The standard InChI is InChI=1S/C22H29N5O2/c1-29-12-11-27-16-19(15-25-27)18-7-5-17(6-8-18)13-20(14-23)26-21(28)22(24)9-3-2-4-10-22/h5-8,15-16,20H,2-4,9-13,24H2,1H3,(H,26,28). The van der Waals surface area contributed by atoms with Crippen LogP contribution >= 0.6 is 0 Å². The van der Waals surface area contributed by atoms with Crippen molar-refractivity contribution in [3.63, 3.8) is 0 Å². The Bertz CT molecular complexity index is 847. The van der Waals surface area contributed by atoms with E-state index >= 15 is 0 Å². The van der Waals surface area contributed by atoms with E-state index in [0.717, 1.165) is 36.0 Å². The molecule has 1 aromatic carbocycles. The van der Waals surface area contributed by atoms with Crippen LogP contribution < -0.4 is 11.1 Å². The number of hydrogen-bond acceptors (Lipinski definition) is 5. The predicted molar refractivity (Wildman–Crippen MR) is 111 cm³/mol. The van der Waals surface area contributed by atoms with Crippen molar-refractivity contribution in [2.75, 3.05) is 13.7 Å². The maximum absolute atomic E-state index is 12.6. The van der Waals surface area contributed by atoms with Gasteiger partial charge in [0.25, 0.3) is 0 Å². The van der Waals surface area contributed by atoms with Crippen molar-refractivity contribution in [2.45, 2.75) is 56.7 Å². The Hall–Kier alpha value is -2.69. The van der Waals surface area contributed by atoms with Gasteiger partial charge in [0.2, 0.25) is 5.91 Å². The van der Waals surface area contributed by atoms with Gasteiger partial charge in [-0.25, -0.2) is 0 Å². The molecule has 1 saturated carbocycles. The Kier molecular flexibility index (Phi) is 7.02. The minimum absolute atomic E-state index is 0.205. The molecule has 29 heavy (non-hydrogen) atoms. The summed E-state index contributed by atoms with van der Waals surface area (Å²) < 4.78 is 6.92. The lowest BCUT2D eigenvalue weighted by Gasteiger charge is -2.32. The molecule has 0 spiro atoms. The molecule has 1 heterocycles. The van der Waals surface area contributed by atoms with E-state index in [1.807, 2.05) is 41.3 Å². The monoisotopic (exact) mass is 395 g/mol. The zero-order valence-corrected chi connectivity index (χ0v) is 16.9. The summed E-state index contributed by atoms with van der Waals surface area (Å²) in [6.45, 7) is 1.33. The number of hydrogen-bond donors (Lipinski definition) is 2. The highest BCUT2D eigenvalue weighted by atomic mass is 16.5. The summed E-state index contributed by atoms with van der Waals surface area (Å²) in [7, 11) is 1.67. The average Bonchev–Trinajstić information content (AvgIpc) is 3.21. The van der Waals surface area contributed by atoms with Gasteiger partial charge in [0.05, 0.1) is 31.0 Å². The largest absolute Gasteiger partial charge is 0.383 e. The van der Waals surface area contributed by atoms with Crippen LogP contribution in [0.1, 0.15) is 37.7 Å². The summed E-state index contributed by atoms with van der Waals surface area (Å²) in [5, 5.41) is 16.7. The number of nitriles is 1. The number of aromatic nitrogens is 2. The molecule has 1 atom stereocenters. The van der Waals surface area contributed by atoms with Crippen LogP contribution in [0.5, 0.6) is 0 Å². The second-order valence-corrected chi connectivity index (χ2v) is 7.76. The van der Waals surface area contributed by atoms with E-state index in [2.05, 4.69) is 16.5 Å². The molecular formula is C22H29N5O2. The first kappa shape index (κ1) is 21.0. The molecule has 1 aromatic heterocycles. The van der Waals surface area contributed by atoms with Gasteiger partial charge in [0.15, 0.2) is 0 Å². The Labute approximate surface area is 171 Å². The molecule has 0 aliphatic heterocycles. The topological polar surface area (TPSA) is 106 Å². The fraction of sp³-hybridized carbons (Fsp3) is 0.500. The Morgan fingerprint density at radius 1 is 1.31 bits per heavy atom. The van der Waals surface area contributed by atoms with Crippen molar-refractivity contribution in [1.82, 2.24) is 15.1 Å². The number of benzene rings is 1. The molecular weight excluding hydrogens is 366 g/mol. The van der Waals surface area contributed by atoms with E-state index in [1.165, 1.54) is 0 Å². The minimum atomic E-state index is -0.833. The van der Waals surface area contributed by atoms with Crippen LogP contribution in [0.2, 0.25) is 0 Å². The normalized spacial score (nSPS) is 16.7. The molecule has 1 amide bonds. The second-order valence-electron chi connectivity index (χ2n) is 7.76. The number of methoxy groups -OCH3 is 1. The van der Waals surface area contributed by atoms with Crippen LogP contribution in [0.15, 0.2) is 36.7 Å². The number of nitrogens with one attached hydrogen (secondary N) is 1. The van der Waals surface area contributed by atoms with Gasteiger partial charge >= 0.3 is 0 Å². The Balaban J connectivity index is 1.59. The van der Waals surface area contributed by atoms with Crippen molar-refractivity contribution in [1.29, 1.82) is 5.26 Å². The third kappa shape index (κ3) is 5.43. The zero-order chi connectivity index (χ0) is 20.7. The minimum Gasteiger partial charge on any atom is -0.383 e. The van der Waals surface area contributed by atoms with Crippen LogP contribution in [0.25, 0.3) is 11.1 Å². The number of amides is 1. The molecule has 1 unspecified atom stereocenters. The molecule has 3 N–H and O–H groups in total. The lowest BCUT2D eigenvalue weighted by atomic mass is 9.81. The number of rotatable bonds is 8. The first-order valence-corrected chi connectivity index (χ1v) is 10.1. The number of nitrogens with zero attached hydrogens (tertiary/aromatic N) is 3. The lowest BCUT2D eigenvalue weighted by molar-refractivity contribution is -0.127. The molecule has 0 radical (unpaired) electrons. The van der Waals surface area contributed by atoms with Gasteiger partial charge in [0, 0.05) is 25.3 Å². The summed E-state index contributed by atoms with van der Waals surface area (Å²) in [4.78, 5) is 12.6. The molecule has 1 fully saturated rings. The van der Waals surface area contributed by atoms with E-state index in [4.69, 9.17) is 10.5 Å². The van der Waals surface area contributed by atoms with E-state index in [0.29, 0.717) is 32.4 Å². The Morgan fingerprint density at radius 3 is 2.69 bits per heavy atom. The zero-order valence-electron chi connectivity index (χ0n) is 16.9. The number of nitrogens with two attached hydrogens (primary N) is 1. The fourth-order valence-electron chi connectivity index (χ4n) is 3.73. The first-order valence-electron chi connectivity index (χ1n) is 10.1. The molecule has 0 bridgehead atoms. The van der Waals surface area contributed by atoms with E-state index in [1.54, 1.807) is 7.11 Å². The molecule has 1 aliphatic rings. The average molecular weight is 396 g/mol. The van der Waals surface area contributed by atoms with Crippen molar-refractivity contribution in [2.24, 2.45) is 5.73 Å². The van der Waals surface area contributed by atoms with Crippen LogP contribution in [0.3, 0.4) is 0 Å². The molecule has 1 aliphatic carbocycles. The van der Waals surface area contributed by atoms with Crippen molar-refractivity contribution in [3.05, 3.63) is 42.2 Å². The van der Waals surface area contributed by atoms with Gasteiger partial charge in [-0.05, 0) is 24.0 Å². The van der Waals surface area contributed by atoms with Gasteiger partial charge in [-0.15, -0.1) is 0 Å². The van der Waals surface area contributed by atoms with Crippen molar-refractivity contribution < 1.29 is 9.53 Å². The third-order valence-corrected chi connectivity index (χ3v) is 5.54. The molecule has 154 valence electrons. The second kappa shape index (κ2) is 9.68. The lowest BCUT2D eigenvalue weighted by Crippen LogP contribution is -2.57. The molecule has 7 heteroatoms. The predicted octanol–water partition coefficient (Wildman–Crippen LogP) is 2.41. The van der Waals surface area contributed by atoms with E-state index < -0.39 is 11.6 Å². The summed E-state index contributed by atoms with van der Waals surface area (Å²) >= 11 is 0. The van der Waals surface area contributed by atoms with Gasteiger partial charge < -0.3 is 15.8 Å². The number of carbonyl (C=O) groups is 1. The van der Waals surface area contributed by atoms with Crippen LogP contribution in [-0.4, -0.2) is 41.0 Å². The summed E-state index contributed by atoms with van der Waals surface area (Å²) in [5.74, 6) is -0.205. The molecule has 7 nitrogen and oxygen atoms in total.